The van der Waals surface area contributed by atoms with Crippen molar-refractivity contribution in [2.75, 3.05) is 139 Å². The Bertz CT molecular complexity index is 1000. The standard InChI is InChI=1S/C26H56N4O4.C17H34O5.C10H26N4/c1-4-5-6-7-8-11-20-32-21-24(2)33-22-25(3)34-23-26(31)30-19-13-18-29-16-10-9-15-28-17-12-14-27;1-5-6-7-8-9-10-11-20-12-15(2)21-13-16(3)22-14-17(18)19-4;11-5-3-9-13-7-1-2-8-14-10-4-6-12/h24-25,28-29H,4-23,27H2,1-3H3,(H,30,31);15-16H,5-14H2,1-4H3;13-14H,1-12H2. The third kappa shape index (κ3) is 66.4. The van der Waals surface area contributed by atoms with Crippen molar-refractivity contribution >= 4 is 11.9 Å². The van der Waals surface area contributed by atoms with Gasteiger partial charge in [-0.15, -0.1) is 0 Å². The summed E-state index contributed by atoms with van der Waals surface area (Å²) in [5, 5.41) is 16.4. The number of rotatable bonds is 53. The molecule has 4 atom stereocenters. The average molecular weight is 1010 g/mol. The molecule has 0 aromatic heterocycles. The molecule has 0 spiro atoms. The van der Waals surface area contributed by atoms with Crippen LogP contribution in [0, 0.1) is 0 Å². The van der Waals surface area contributed by atoms with Gasteiger partial charge in [0.15, 0.2) is 0 Å². The van der Waals surface area contributed by atoms with Crippen LogP contribution in [0.15, 0.2) is 0 Å². The van der Waals surface area contributed by atoms with Gasteiger partial charge in [-0.05, 0) is 164 Å². The minimum Gasteiger partial charge on any atom is -0.467 e. The number of esters is 1. The topological polar surface area (TPSA) is 237 Å². The Morgan fingerprint density at radius 3 is 1.13 bits per heavy atom. The number of amides is 1. The van der Waals surface area contributed by atoms with Crippen LogP contribution in [0.5, 0.6) is 0 Å². The second kappa shape index (κ2) is 63.5. The van der Waals surface area contributed by atoms with Gasteiger partial charge in [0.05, 0.1) is 58.0 Å². The van der Waals surface area contributed by atoms with E-state index in [1.807, 2.05) is 27.7 Å². The number of hydrogen-bond acceptors (Lipinski definition) is 16. The van der Waals surface area contributed by atoms with Crippen LogP contribution < -0.4 is 43.8 Å². The van der Waals surface area contributed by atoms with E-state index in [1.165, 1.54) is 90.6 Å². The van der Waals surface area contributed by atoms with Crippen LogP contribution in [0.25, 0.3) is 0 Å². The smallest absolute Gasteiger partial charge is 0.331 e. The summed E-state index contributed by atoms with van der Waals surface area (Å²) in [4.78, 5) is 22.9. The van der Waals surface area contributed by atoms with Crippen LogP contribution >= 0.6 is 0 Å². The fourth-order valence-corrected chi connectivity index (χ4v) is 6.42. The zero-order chi connectivity index (χ0) is 52.2. The summed E-state index contributed by atoms with van der Waals surface area (Å²) < 4.78 is 38.1. The molecule has 11 N–H and O–H groups in total. The number of nitrogens with one attached hydrogen (secondary N) is 5. The van der Waals surface area contributed by atoms with Gasteiger partial charge in [0.25, 0.3) is 0 Å². The van der Waals surface area contributed by atoms with E-state index < -0.39 is 0 Å². The van der Waals surface area contributed by atoms with E-state index in [4.69, 9.17) is 45.6 Å². The number of methoxy groups -OCH3 is 1. The van der Waals surface area contributed by atoms with Crippen LogP contribution in [0.4, 0.5) is 0 Å². The lowest BCUT2D eigenvalue weighted by molar-refractivity contribution is -0.149. The molecule has 1 amide bonds. The van der Waals surface area contributed by atoms with Gasteiger partial charge < -0.3 is 76.9 Å². The summed E-state index contributed by atoms with van der Waals surface area (Å²) in [5.74, 6) is -0.451. The van der Waals surface area contributed by atoms with Gasteiger partial charge in [-0.1, -0.05) is 78.1 Å². The predicted molar refractivity (Wildman–Crippen MR) is 291 cm³/mol. The highest BCUT2D eigenvalue weighted by Crippen LogP contribution is 2.07. The second-order valence-corrected chi connectivity index (χ2v) is 18.3. The number of unbranched alkanes of at least 4 members (excludes halogenated alkanes) is 12. The quantitative estimate of drug-likeness (QED) is 0.0259. The van der Waals surface area contributed by atoms with Gasteiger partial charge in [0.1, 0.15) is 13.2 Å². The van der Waals surface area contributed by atoms with Crippen molar-refractivity contribution in [1.29, 1.82) is 0 Å². The van der Waals surface area contributed by atoms with Gasteiger partial charge in [0.2, 0.25) is 5.91 Å². The highest BCUT2D eigenvalue weighted by atomic mass is 16.6. The molecule has 0 bridgehead atoms. The van der Waals surface area contributed by atoms with E-state index in [-0.39, 0.29) is 49.5 Å². The molecular formula is C53H116N8O9. The first kappa shape index (κ1) is 72.7. The minimum absolute atomic E-state index is 0.0277. The maximum atomic E-state index is 11.9. The normalized spacial score (nSPS) is 12.9. The molecular weight excluding hydrogens is 893 g/mol. The molecule has 0 aromatic carbocycles. The molecule has 422 valence electrons. The summed E-state index contributed by atoms with van der Waals surface area (Å²) in [6.07, 6.45) is 23.9. The maximum absolute atomic E-state index is 11.9. The summed E-state index contributed by atoms with van der Waals surface area (Å²) in [5.41, 5.74) is 16.2. The number of ether oxygens (including phenoxy) is 7. The van der Waals surface area contributed by atoms with E-state index in [9.17, 15) is 9.59 Å². The van der Waals surface area contributed by atoms with Crippen LogP contribution in [0.3, 0.4) is 0 Å². The van der Waals surface area contributed by atoms with Crippen LogP contribution in [0.2, 0.25) is 0 Å². The van der Waals surface area contributed by atoms with E-state index in [2.05, 4.69) is 45.2 Å². The molecule has 0 fully saturated rings. The van der Waals surface area contributed by atoms with Crippen molar-refractivity contribution in [2.45, 2.75) is 194 Å². The van der Waals surface area contributed by atoms with Crippen molar-refractivity contribution in [3.8, 4) is 0 Å². The molecule has 0 aliphatic carbocycles. The Morgan fingerprint density at radius 1 is 0.400 bits per heavy atom. The second-order valence-electron chi connectivity index (χ2n) is 18.3. The molecule has 4 unspecified atom stereocenters. The van der Waals surface area contributed by atoms with E-state index in [1.54, 1.807) is 0 Å². The molecule has 0 saturated carbocycles. The molecule has 17 nitrogen and oxygen atoms in total. The van der Waals surface area contributed by atoms with Crippen molar-refractivity contribution in [2.24, 2.45) is 17.2 Å². The molecule has 0 aromatic rings. The molecule has 0 radical (unpaired) electrons. The van der Waals surface area contributed by atoms with Crippen LogP contribution in [0.1, 0.15) is 170 Å². The van der Waals surface area contributed by atoms with Gasteiger partial charge in [-0.3, -0.25) is 4.79 Å². The SMILES string of the molecule is CCCCCCCCOCC(C)OCC(C)OCC(=O)NCCCNCCCCNCCCN.CCCCCCCCOCC(C)OCC(C)OCC(=O)OC.NCCCNCCCCNCCCN. The highest BCUT2D eigenvalue weighted by molar-refractivity contribution is 5.77. The zero-order valence-electron chi connectivity index (χ0n) is 46.5. The first-order valence-corrected chi connectivity index (χ1v) is 28.0. The van der Waals surface area contributed by atoms with Crippen LogP contribution in [-0.4, -0.2) is 175 Å². The number of hydrogen-bond donors (Lipinski definition) is 8. The fraction of sp³-hybridized carbons (Fsp3) is 0.962. The summed E-state index contributed by atoms with van der Waals surface area (Å²) in [7, 11) is 1.34. The minimum atomic E-state index is -0.373. The summed E-state index contributed by atoms with van der Waals surface area (Å²) >= 11 is 0. The summed E-state index contributed by atoms with van der Waals surface area (Å²) in [6, 6.07) is 0. The van der Waals surface area contributed by atoms with Gasteiger partial charge in [-0.25, -0.2) is 4.79 Å². The average Bonchev–Trinajstić information content (AvgIpc) is 3.36. The lowest BCUT2D eigenvalue weighted by atomic mass is 10.1. The molecule has 70 heavy (non-hydrogen) atoms. The maximum Gasteiger partial charge on any atom is 0.331 e. The van der Waals surface area contributed by atoms with Crippen molar-refractivity contribution < 1.29 is 42.7 Å². The third-order valence-corrected chi connectivity index (χ3v) is 10.9. The number of carbonyl (C=O) groups is 2. The van der Waals surface area contributed by atoms with Gasteiger partial charge in [-0.2, -0.15) is 0 Å². The molecule has 0 aliphatic heterocycles. The molecule has 17 heteroatoms. The van der Waals surface area contributed by atoms with E-state index in [0.29, 0.717) is 33.0 Å². The zero-order valence-corrected chi connectivity index (χ0v) is 46.5. The van der Waals surface area contributed by atoms with Crippen molar-refractivity contribution in [3.05, 3.63) is 0 Å². The highest BCUT2D eigenvalue weighted by Gasteiger charge is 2.11. The van der Waals surface area contributed by atoms with Crippen LogP contribution in [-0.2, 0) is 42.7 Å². The first-order chi connectivity index (χ1) is 34.1. The van der Waals surface area contributed by atoms with E-state index in [0.717, 1.165) is 130 Å². The Balaban J connectivity index is -0.00000106. The van der Waals surface area contributed by atoms with E-state index >= 15 is 0 Å². The number of carbonyl (C=O) groups excluding carboxylic acids is 2. The molecule has 0 rings (SSSR count). The molecule has 0 aliphatic rings. The predicted octanol–water partition coefficient (Wildman–Crippen LogP) is 5.98. The Morgan fingerprint density at radius 2 is 0.743 bits per heavy atom. The lowest BCUT2D eigenvalue weighted by Crippen LogP contribution is -2.33. The largest absolute Gasteiger partial charge is 0.467 e. The van der Waals surface area contributed by atoms with Crippen molar-refractivity contribution in [3.63, 3.8) is 0 Å². The van der Waals surface area contributed by atoms with Crippen molar-refractivity contribution in [1.82, 2.24) is 26.6 Å². The fourth-order valence-electron chi connectivity index (χ4n) is 6.42. The Hall–Kier alpha value is -1.58. The van der Waals surface area contributed by atoms with Gasteiger partial charge >= 0.3 is 5.97 Å². The third-order valence-electron chi connectivity index (χ3n) is 10.9. The van der Waals surface area contributed by atoms with Gasteiger partial charge in [0, 0.05) is 19.8 Å². The Kier molecular flexibility index (Phi) is 66.0. The summed E-state index contributed by atoms with van der Waals surface area (Å²) in [6.45, 7) is 27.3. The first-order valence-electron chi connectivity index (χ1n) is 28.0. The lowest BCUT2D eigenvalue weighted by Gasteiger charge is -2.18. The molecule has 0 saturated heterocycles. The number of nitrogens with two attached hydrogens (primary N) is 3. The molecule has 0 heterocycles. The Labute approximate surface area is 430 Å². The monoisotopic (exact) mass is 1010 g/mol.